The molecule has 0 spiro atoms. The molecule has 0 aliphatic carbocycles. The van der Waals surface area contributed by atoms with E-state index in [9.17, 15) is 14.4 Å². The van der Waals surface area contributed by atoms with Gasteiger partial charge in [-0.05, 0) is 43.0 Å². The molecule has 1 N–H and O–H groups in total. The molecule has 3 amide bonds. The smallest absolute Gasteiger partial charge is 0.254 e. The van der Waals surface area contributed by atoms with Crippen LogP contribution in [0.2, 0.25) is 0 Å². The molecule has 2 aliphatic heterocycles. The van der Waals surface area contributed by atoms with Crippen LogP contribution in [-0.2, 0) is 16.1 Å². The number of benzene rings is 2. The summed E-state index contributed by atoms with van der Waals surface area (Å²) in [6, 6.07) is 16.5. The molecule has 0 unspecified atom stereocenters. The number of nitrogens with zero attached hydrogens (tertiary/aromatic N) is 2. The molecule has 1 atom stereocenters. The maximum Gasteiger partial charge on any atom is 0.254 e. The largest absolute Gasteiger partial charge is 0.350 e. The normalized spacial score (nSPS) is 18.9. The summed E-state index contributed by atoms with van der Waals surface area (Å²) >= 11 is 0. The molecule has 2 heterocycles. The number of hydrogen-bond acceptors (Lipinski definition) is 3. The number of anilines is 1. The average Bonchev–Trinajstić information content (AvgIpc) is 3.41. The average molecular weight is 391 g/mol. The van der Waals surface area contributed by atoms with Crippen molar-refractivity contribution in [1.29, 1.82) is 0 Å². The van der Waals surface area contributed by atoms with Crippen LogP contribution in [0.15, 0.2) is 54.6 Å². The first-order valence-corrected chi connectivity index (χ1v) is 10.2. The van der Waals surface area contributed by atoms with Gasteiger partial charge in [0.2, 0.25) is 11.8 Å². The number of hydrogen-bond donors (Lipinski definition) is 1. The molecule has 29 heavy (non-hydrogen) atoms. The number of rotatable bonds is 5. The molecule has 4 rings (SSSR count). The maximum atomic E-state index is 13.1. The first-order valence-electron chi connectivity index (χ1n) is 10.2. The van der Waals surface area contributed by atoms with Crippen LogP contribution in [0.5, 0.6) is 0 Å². The van der Waals surface area contributed by atoms with Crippen LogP contribution in [0.25, 0.3) is 0 Å². The van der Waals surface area contributed by atoms with Crippen LogP contribution in [-0.4, -0.2) is 41.8 Å². The summed E-state index contributed by atoms with van der Waals surface area (Å²) in [6.07, 6.45) is 2.86. The van der Waals surface area contributed by atoms with E-state index < -0.39 is 6.04 Å². The third-order valence-electron chi connectivity index (χ3n) is 5.60. The van der Waals surface area contributed by atoms with Crippen LogP contribution < -0.4 is 10.2 Å². The Morgan fingerprint density at radius 2 is 1.83 bits per heavy atom. The highest BCUT2D eigenvalue weighted by Crippen LogP contribution is 2.25. The second-order valence-corrected chi connectivity index (χ2v) is 7.56. The minimum atomic E-state index is -0.455. The number of likely N-dealkylation sites (tertiary alicyclic amines) is 1. The molecule has 150 valence electrons. The zero-order chi connectivity index (χ0) is 20.2. The van der Waals surface area contributed by atoms with Crippen LogP contribution >= 0.6 is 0 Å². The van der Waals surface area contributed by atoms with Gasteiger partial charge in [0.15, 0.2) is 0 Å². The van der Waals surface area contributed by atoms with Crippen molar-refractivity contribution >= 4 is 23.4 Å². The van der Waals surface area contributed by atoms with Gasteiger partial charge < -0.3 is 15.1 Å². The van der Waals surface area contributed by atoms with Gasteiger partial charge in [-0.2, -0.15) is 0 Å². The van der Waals surface area contributed by atoms with Gasteiger partial charge in [-0.25, -0.2) is 0 Å². The lowest BCUT2D eigenvalue weighted by atomic mass is 10.1. The van der Waals surface area contributed by atoms with Crippen molar-refractivity contribution < 1.29 is 14.4 Å². The van der Waals surface area contributed by atoms with Crippen LogP contribution in [0.3, 0.4) is 0 Å². The third-order valence-corrected chi connectivity index (χ3v) is 5.60. The van der Waals surface area contributed by atoms with E-state index in [2.05, 4.69) is 5.32 Å². The van der Waals surface area contributed by atoms with Gasteiger partial charge in [0, 0.05) is 37.3 Å². The first kappa shape index (κ1) is 19.2. The Morgan fingerprint density at radius 1 is 1.00 bits per heavy atom. The second-order valence-electron chi connectivity index (χ2n) is 7.56. The molecule has 6 heteroatoms. The quantitative estimate of drug-likeness (QED) is 0.852. The van der Waals surface area contributed by atoms with Crippen molar-refractivity contribution in [2.75, 3.05) is 18.0 Å². The number of carbonyl (C=O) groups is 3. The van der Waals surface area contributed by atoms with Gasteiger partial charge >= 0.3 is 0 Å². The highest BCUT2D eigenvalue weighted by molar-refractivity contribution is 6.00. The summed E-state index contributed by atoms with van der Waals surface area (Å²) in [6.45, 7) is 1.70. The molecule has 0 aromatic heterocycles. The van der Waals surface area contributed by atoms with E-state index in [4.69, 9.17) is 0 Å². The molecule has 2 aliphatic rings. The van der Waals surface area contributed by atoms with Gasteiger partial charge in [-0.3, -0.25) is 14.4 Å². The third kappa shape index (κ3) is 4.16. The van der Waals surface area contributed by atoms with Crippen LogP contribution in [0, 0.1) is 0 Å². The zero-order valence-electron chi connectivity index (χ0n) is 16.3. The summed E-state index contributed by atoms with van der Waals surface area (Å²) < 4.78 is 0. The molecule has 0 radical (unpaired) electrons. The lowest BCUT2D eigenvalue weighted by molar-refractivity contribution is -0.125. The topological polar surface area (TPSA) is 69.7 Å². The molecule has 2 saturated heterocycles. The SMILES string of the molecule is O=C(NCc1ccccc1)[C@@H]1CCCN1C(=O)c1cccc(N2CCCC2=O)c1. The van der Waals surface area contributed by atoms with E-state index >= 15 is 0 Å². The van der Waals surface area contributed by atoms with Crippen molar-refractivity contribution in [1.82, 2.24) is 10.2 Å². The minimum absolute atomic E-state index is 0.0916. The fraction of sp³-hybridized carbons (Fsp3) is 0.348. The summed E-state index contributed by atoms with van der Waals surface area (Å²) in [5.74, 6) is -0.185. The van der Waals surface area contributed by atoms with Crippen LogP contribution in [0.4, 0.5) is 5.69 Å². The Labute approximate surface area is 170 Å². The van der Waals surface area contributed by atoms with Crippen molar-refractivity contribution in [3.05, 3.63) is 65.7 Å². The van der Waals surface area contributed by atoms with Crippen molar-refractivity contribution in [3.63, 3.8) is 0 Å². The molecule has 2 aromatic rings. The Hall–Kier alpha value is -3.15. The van der Waals surface area contributed by atoms with Gasteiger partial charge in [0.1, 0.15) is 6.04 Å². The Balaban J connectivity index is 1.45. The van der Waals surface area contributed by atoms with Crippen molar-refractivity contribution in [2.24, 2.45) is 0 Å². The molecule has 6 nitrogen and oxygen atoms in total. The fourth-order valence-electron chi connectivity index (χ4n) is 4.08. The van der Waals surface area contributed by atoms with E-state index in [1.165, 1.54) is 0 Å². The molecule has 0 bridgehead atoms. The summed E-state index contributed by atoms with van der Waals surface area (Å²) in [4.78, 5) is 41.3. The predicted molar refractivity (Wildman–Crippen MR) is 110 cm³/mol. The fourth-order valence-corrected chi connectivity index (χ4v) is 4.08. The van der Waals surface area contributed by atoms with Crippen molar-refractivity contribution in [3.8, 4) is 0 Å². The highest BCUT2D eigenvalue weighted by Gasteiger charge is 2.34. The first-order chi connectivity index (χ1) is 14.1. The number of nitrogens with one attached hydrogen (secondary N) is 1. The van der Waals surface area contributed by atoms with E-state index in [-0.39, 0.29) is 17.7 Å². The van der Waals surface area contributed by atoms with Gasteiger partial charge in [0.05, 0.1) is 0 Å². The Bertz CT molecular complexity index is 913. The van der Waals surface area contributed by atoms with Gasteiger partial charge in [0.25, 0.3) is 5.91 Å². The zero-order valence-corrected chi connectivity index (χ0v) is 16.3. The summed E-state index contributed by atoms with van der Waals surface area (Å²) in [7, 11) is 0. The minimum Gasteiger partial charge on any atom is -0.350 e. The van der Waals surface area contributed by atoms with E-state index in [0.717, 1.165) is 24.1 Å². The van der Waals surface area contributed by atoms with E-state index in [1.807, 2.05) is 36.4 Å². The van der Waals surface area contributed by atoms with Crippen LogP contribution in [0.1, 0.15) is 41.6 Å². The Morgan fingerprint density at radius 3 is 2.59 bits per heavy atom. The van der Waals surface area contributed by atoms with Gasteiger partial charge in [-0.1, -0.05) is 36.4 Å². The van der Waals surface area contributed by atoms with Crippen molar-refractivity contribution in [2.45, 2.75) is 38.3 Å². The molecular formula is C23H25N3O3. The van der Waals surface area contributed by atoms with Gasteiger partial charge in [-0.15, -0.1) is 0 Å². The molecular weight excluding hydrogens is 366 g/mol. The number of carbonyl (C=O) groups excluding carboxylic acids is 3. The maximum absolute atomic E-state index is 13.1. The van der Waals surface area contributed by atoms with E-state index in [1.54, 1.807) is 28.0 Å². The predicted octanol–water partition coefficient (Wildman–Crippen LogP) is 2.73. The summed E-state index contributed by atoms with van der Waals surface area (Å²) in [5.41, 5.74) is 2.30. The standard InChI is InChI=1S/C23H25N3O3/c27-21-12-6-13-25(21)19-10-4-9-18(15-19)23(29)26-14-5-11-20(26)22(28)24-16-17-7-2-1-3-8-17/h1-4,7-10,15,20H,5-6,11-14,16H2,(H,24,28)/t20-/m0/s1. The number of amides is 3. The monoisotopic (exact) mass is 391 g/mol. The lowest BCUT2D eigenvalue weighted by Gasteiger charge is -2.25. The van der Waals surface area contributed by atoms with E-state index in [0.29, 0.717) is 38.0 Å². The lowest BCUT2D eigenvalue weighted by Crippen LogP contribution is -2.45. The summed E-state index contributed by atoms with van der Waals surface area (Å²) in [5, 5.41) is 2.95. The second kappa shape index (κ2) is 8.47. The molecule has 2 fully saturated rings. The Kier molecular flexibility index (Phi) is 5.60. The highest BCUT2D eigenvalue weighted by atomic mass is 16.2. The molecule has 0 saturated carbocycles. The molecule has 2 aromatic carbocycles.